The molecule has 2 atom stereocenters. The van der Waals surface area contributed by atoms with Crippen LogP contribution in [0.25, 0.3) is 0 Å². The van der Waals surface area contributed by atoms with Crippen molar-refractivity contribution in [3.63, 3.8) is 0 Å². The van der Waals surface area contributed by atoms with Crippen molar-refractivity contribution >= 4 is 0 Å². The van der Waals surface area contributed by atoms with E-state index < -0.39 is 0 Å². The molecule has 4 heteroatoms. The minimum Gasteiger partial charge on any atom is -0.378 e. The first-order valence-electron chi connectivity index (χ1n) is 7.18. The number of nitrogens with one attached hydrogen (secondary N) is 2. The SMILES string of the molecule is CCOC1CC(NCc2ccn[nH]2)C12CCCC2. The lowest BCUT2D eigenvalue weighted by atomic mass is 9.60. The molecule has 0 aromatic carbocycles. The van der Waals surface area contributed by atoms with Crippen LogP contribution in [0.4, 0.5) is 0 Å². The van der Waals surface area contributed by atoms with E-state index in [4.69, 9.17) is 4.74 Å². The number of rotatable bonds is 5. The van der Waals surface area contributed by atoms with Gasteiger partial charge in [-0.15, -0.1) is 0 Å². The summed E-state index contributed by atoms with van der Waals surface area (Å²) in [6.07, 6.45) is 8.87. The van der Waals surface area contributed by atoms with Gasteiger partial charge in [-0.25, -0.2) is 0 Å². The molecule has 4 nitrogen and oxygen atoms in total. The maximum atomic E-state index is 5.92. The number of ether oxygens (including phenoxy) is 1. The molecule has 100 valence electrons. The van der Waals surface area contributed by atoms with Crippen LogP contribution in [0.15, 0.2) is 12.3 Å². The number of nitrogens with zero attached hydrogens (tertiary/aromatic N) is 1. The third-order valence-corrected chi connectivity index (χ3v) is 4.78. The van der Waals surface area contributed by atoms with Gasteiger partial charge in [0, 0.05) is 36.5 Å². The molecule has 1 spiro atoms. The van der Waals surface area contributed by atoms with Gasteiger partial charge in [-0.2, -0.15) is 5.10 Å². The van der Waals surface area contributed by atoms with Crippen molar-refractivity contribution in [2.45, 2.75) is 57.7 Å². The standard InChI is InChI=1S/C14H23N3O/c1-2-18-13-9-12(14(13)6-3-4-7-14)15-10-11-5-8-16-17-11/h5,8,12-13,15H,2-4,6-7,9-10H2,1H3,(H,16,17). The highest BCUT2D eigenvalue weighted by Crippen LogP contribution is 2.54. The highest BCUT2D eigenvalue weighted by molar-refractivity contribution is 5.10. The Kier molecular flexibility index (Phi) is 3.39. The summed E-state index contributed by atoms with van der Waals surface area (Å²) in [7, 11) is 0. The van der Waals surface area contributed by atoms with Crippen molar-refractivity contribution in [1.82, 2.24) is 15.5 Å². The fourth-order valence-electron chi connectivity index (χ4n) is 3.79. The van der Waals surface area contributed by atoms with Crippen molar-refractivity contribution < 1.29 is 4.74 Å². The van der Waals surface area contributed by atoms with Crippen LogP contribution >= 0.6 is 0 Å². The van der Waals surface area contributed by atoms with Crippen LogP contribution in [0, 0.1) is 5.41 Å². The van der Waals surface area contributed by atoms with Crippen molar-refractivity contribution in [3.05, 3.63) is 18.0 Å². The molecule has 1 heterocycles. The van der Waals surface area contributed by atoms with Crippen LogP contribution in [0.5, 0.6) is 0 Å². The van der Waals surface area contributed by atoms with Crippen LogP contribution < -0.4 is 5.32 Å². The van der Waals surface area contributed by atoms with Crippen molar-refractivity contribution in [3.8, 4) is 0 Å². The Morgan fingerprint density at radius 3 is 3.00 bits per heavy atom. The first-order chi connectivity index (χ1) is 8.85. The van der Waals surface area contributed by atoms with E-state index in [9.17, 15) is 0 Å². The molecule has 2 aliphatic carbocycles. The predicted molar refractivity (Wildman–Crippen MR) is 70.1 cm³/mol. The zero-order chi connectivity index (χ0) is 12.4. The average molecular weight is 249 g/mol. The lowest BCUT2D eigenvalue weighted by molar-refractivity contribution is -0.130. The van der Waals surface area contributed by atoms with Crippen molar-refractivity contribution in [2.24, 2.45) is 5.41 Å². The second-order valence-electron chi connectivity index (χ2n) is 5.64. The third-order valence-electron chi connectivity index (χ3n) is 4.78. The van der Waals surface area contributed by atoms with E-state index in [0.717, 1.165) is 13.2 Å². The van der Waals surface area contributed by atoms with Gasteiger partial charge >= 0.3 is 0 Å². The number of aromatic nitrogens is 2. The van der Waals surface area contributed by atoms with Gasteiger partial charge in [-0.05, 0) is 32.3 Å². The van der Waals surface area contributed by atoms with E-state index in [-0.39, 0.29) is 0 Å². The largest absolute Gasteiger partial charge is 0.378 e. The Hall–Kier alpha value is -0.870. The third kappa shape index (κ3) is 1.97. The van der Waals surface area contributed by atoms with Gasteiger partial charge in [0.1, 0.15) is 0 Å². The summed E-state index contributed by atoms with van der Waals surface area (Å²) >= 11 is 0. The normalized spacial score (nSPS) is 29.6. The molecule has 1 aromatic heterocycles. The molecule has 0 bridgehead atoms. The summed E-state index contributed by atoms with van der Waals surface area (Å²) in [6.45, 7) is 3.85. The van der Waals surface area contributed by atoms with E-state index in [1.165, 1.54) is 37.8 Å². The van der Waals surface area contributed by atoms with E-state index in [1.807, 2.05) is 12.3 Å². The van der Waals surface area contributed by atoms with Crippen LogP contribution in [0.2, 0.25) is 0 Å². The molecule has 2 aliphatic rings. The quantitative estimate of drug-likeness (QED) is 0.841. The van der Waals surface area contributed by atoms with Gasteiger partial charge in [-0.3, -0.25) is 5.10 Å². The van der Waals surface area contributed by atoms with Crippen LogP contribution in [0.3, 0.4) is 0 Å². The summed E-state index contributed by atoms with van der Waals surface area (Å²) in [5.74, 6) is 0. The highest BCUT2D eigenvalue weighted by Gasteiger charge is 2.56. The van der Waals surface area contributed by atoms with Gasteiger partial charge in [-0.1, -0.05) is 12.8 Å². The van der Waals surface area contributed by atoms with Crippen LogP contribution in [-0.4, -0.2) is 29.0 Å². The van der Waals surface area contributed by atoms with E-state index >= 15 is 0 Å². The molecule has 2 fully saturated rings. The first-order valence-corrected chi connectivity index (χ1v) is 7.18. The molecule has 0 saturated heterocycles. The minimum absolute atomic E-state index is 0.427. The Morgan fingerprint density at radius 1 is 1.50 bits per heavy atom. The summed E-state index contributed by atoms with van der Waals surface area (Å²) < 4.78 is 5.92. The Morgan fingerprint density at radius 2 is 2.33 bits per heavy atom. The Balaban J connectivity index is 1.59. The van der Waals surface area contributed by atoms with Gasteiger partial charge in [0.2, 0.25) is 0 Å². The first kappa shape index (κ1) is 12.2. The van der Waals surface area contributed by atoms with Gasteiger partial charge < -0.3 is 10.1 Å². The topological polar surface area (TPSA) is 49.9 Å². The number of hydrogen-bond donors (Lipinski definition) is 2. The number of aromatic amines is 1. The second kappa shape index (κ2) is 5.02. The van der Waals surface area contributed by atoms with Gasteiger partial charge in [0.25, 0.3) is 0 Å². The second-order valence-corrected chi connectivity index (χ2v) is 5.64. The summed E-state index contributed by atoms with van der Waals surface area (Å²) in [5.41, 5.74) is 1.60. The van der Waals surface area contributed by atoms with E-state index in [0.29, 0.717) is 17.6 Å². The van der Waals surface area contributed by atoms with Crippen molar-refractivity contribution in [1.29, 1.82) is 0 Å². The van der Waals surface area contributed by atoms with Gasteiger partial charge in [0.15, 0.2) is 0 Å². The van der Waals surface area contributed by atoms with Crippen LogP contribution in [0.1, 0.15) is 44.7 Å². The number of hydrogen-bond acceptors (Lipinski definition) is 3. The molecule has 18 heavy (non-hydrogen) atoms. The maximum absolute atomic E-state index is 5.92. The lowest BCUT2D eigenvalue weighted by Crippen LogP contribution is -2.62. The van der Waals surface area contributed by atoms with E-state index in [2.05, 4.69) is 22.4 Å². The molecule has 1 aromatic rings. The highest BCUT2D eigenvalue weighted by atomic mass is 16.5. The lowest BCUT2D eigenvalue weighted by Gasteiger charge is -2.54. The molecule has 2 N–H and O–H groups in total. The Labute approximate surface area is 108 Å². The van der Waals surface area contributed by atoms with Gasteiger partial charge in [0.05, 0.1) is 6.10 Å². The minimum atomic E-state index is 0.427. The van der Waals surface area contributed by atoms with E-state index in [1.54, 1.807) is 0 Å². The molecule has 0 radical (unpaired) electrons. The molecule has 2 unspecified atom stereocenters. The van der Waals surface area contributed by atoms with Crippen molar-refractivity contribution in [2.75, 3.05) is 6.61 Å². The fraction of sp³-hybridized carbons (Fsp3) is 0.786. The zero-order valence-corrected chi connectivity index (χ0v) is 11.1. The monoisotopic (exact) mass is 249 g/mol. The molecular weight excluding hydrogens is 226 g/mol. The molecule has 3 rings (SSSR count). The molecule has 2 saturated carbocycles. The summed E-state index contributed by atoms with van der Waals surface area (Å²) in [6, 6.07) is 2.66. The fourth-order valence-corrected chi connectivity index (χ4v) is 3.79. The number of H-pyrrole nitrogens is 1. The Bertz CT molecular complexity index is 370. The molecular formula is C14H23N3O. The molecule has 0 aliphatic heterocycles. The predicted octanol–water partition coefficient (Wildman–Crippen LogP) is 2.24. The maximum Gasteiger partial charge on any atom is 0.0661 e. The summed E-state index contributed by atoms with van der Waals surface area (Å²) in [5, 5.41) is 10.7. The summed E-state index contributed by atoms with van der Waals surface area (Å²) in [4.78, 5) is 0. The zero-order valence-electron chi connectivity index (χ0n) is 11.1. The molecule has 0 amide bonds. The smallest absolute Gasteiger partial charge is 0.0661 e. The average Bonchev–Trinajstić information content (AvgIpc) is 3.03. The van der Waals surface area contributed by atoms with Crippen LogP contribution in [-0.2, 0) is 11.3 Å².